The van der Waals surface area contributed by atoms with Gasteiger partial charge in [-0.05, 0) is 60.5 Å². The summed E-state index contributed by atoms with van der Waals surface area (Å²) in [7, 11) is 3.31. The highest BCUT2D eigenvalue weighted by molar-refractivity contribution is 6.35. The summed E-state index contributed by atoms with van der Waals surface area (Å²) in [5.74, 6) is -0.0442. The largest absolute Gasteiger partial charge is 0.496 e. The van der Waals surface area contributed by atoms with Crippen molar-refractivity contribution >= 4 is 67.8 Å². The van der Waals surface area contributed by atoms with E-state index in [1.807, 2.05) is 48.0 Å². The van der Waals surface area contributed by atoms with Crippen LogP contribution >= 0.6 is 23.2 Å². The molecular weight excluding hydrogens is 577 g/mol. The Balaban J connectivity index is 1.49. The van der Waals surface area contributed by atoms with Crippen molar-refractivity contribution in [1.29, 1.82) is 0 Å². The molecule has 7 nitrogen and oxygen atoms in total. The van der Waals surface area contributed by atoms with E-state index < -0.39 is 23.8 Å². The highest BCUT2D eigenvalue weighted by atomic mass is 35.5. The number of aromatic nitrogens is 1. The average Bonchev–Trinajstić information content (AvgIpc) is 2.95. The molecule has 0 amide bonds. The summed E-state index contributed by atoms with van der Waals surface area (Å²) in [6.45, 7) is 3.44. The molecule has 0 fully saturated rings. The third-order valence-corrected chi connectivity index (χ3v) is 8.33. The lowest BCUT2D eigenvalue weighted by Gasteiger charge is -2.42. The Bertz CT molecular complexity index is 2010. The van der Waals surface area contributed by atoms with Gasteiger partial charge in [0.25, 0.3) is 0 Å². The summed E-state index contributed by atoms with van der Waals surface area (Å²) >= 11 is 12.2. The number of ether oxygens (including phenoxy) is 3. The summed E-state index contributed by atoms with van der Waals surface area (Å²) in [5, 5.41) is 15.4. The first-order valence-electron chi connectivity index (χ1n) is 13.3. The van der Waals surface area contributed by atoms with Crippen molar-refractivity contribution in [2.75, 3.05) is 7.11 Å². The molecular formula is C33H27Cl2NO6. The maximum Gasteiger partial charge on any atom is 0.331 e. The normalized spacial score (nSPS) is 17.9. The van der Waals surface area contributed by atoms with E-state index >= 15 is 0 Å². The zero-order chi connectivity index (χ0) is 29.9. The van der Waals surface area contributed by atoms with Crippen molar-refractivity contribution in [3.8, 4) is 11.5 Å². The molecule has 6 rings (SSSR count). The van der Waals surface area contributed by atoms with Gasteiger partial charge in [-0.2, -0.15) is 0 Å². The number of pyridine rings is 1. The zero-order valence-electron chi connectivity index (χ0n) is 23.3. The van der Waals surface area contributed by atoms with Crippen LogP contribution in [0, 0.1) is 0 Å². The number of hydrogen-bond donors (Lipinski definition) is 1. The number of esters is 1. The minimum atomic E-state index is -1.32. The van der Waals surface area contributed by atoms with Gasteiger partial charge in [0.1, 0.15) is 23.2 Å². The van der Waals surface area contributed by atoms with Gasteiger partial charge in [-0.15, -0.1) is 0 Å². The number of fused-ring (bicyclic) bond motifs is 5. The second-order valence-electron chi connectivity index (χ2n) is 10.8. The standard InChI is InChI=1S/C33H27Cl2NO6/c1-33(2)32(41-26(37)12-10-17-9-11-20(34)15-22(17)35)31(39)28-25(42-33)16-24(40-4)27-29(28)36(3)23-14-19-8-6-5-7-18(19)13-21(23)30(27)38/h5-16,31-32,39H,1-4H3/t31-,32-/m0/s1. The maximum absolute atomic E-state index is 14.0. The van der Waals surface area contributed by atoms with Crippen LogP contribution in [0.5, 0.6) is 11.5 Å². The lowest BCUT2D eigenvalue weighted by atomic mass is 9.86. The molecule has 4 aromatic carbocycles. The molecule has 1 aliphatic heterocycles. The Hall–Kier alpha value is -4.04. The first-order chi connectivity index (χ1) is 20.0. The molecule has 0 saturated heterocycles. The number of rotatable bonds is 4. The second kappa shape index (κ2) is 10.3. The van der Waals surface area contributed by atoms with Crippen LogP contribution in [0.25, 0.3) is 38.7 Å². The number of methoxy groups -OCH3 is 1. The number of hydrogen-bond acceptors (Lipinski definition) is 6. The van der Waals surface area contributed by atoms with Crippen molar-refractivity contribution in [3.05, 3.63) is 98.1 Å². The number of carbonyl (C=O) groups is 1. The van der Waals surface area contributed by atoms with E-state index in [1.165, 1.54) is 19.3 Å². The molecule has 0 saturated carbocycles. The molecule has 0 aliphatic carbocycles. The molecule has 214 valence electrons. The monoisotopic (exact) mass is 603 g/mol. The van der Waals surface area contributed by atoms with Crippen molar-refractivity contribution in [1.82, 2.24) is 4.57 Å². The topological polar surface area (TPSA) is 87.0 Å². The van der Waals surface area contributed by atoms with E-state index in [9.17, 15) is 14.7 Å². The second-order valence-corrected chi connectivity index (χ2v) is 11.7. The molecule has 2 heterocycles. The summed E-state index contributed by atoms with van der Waals surface area (Å²) in [5.41, 5.74) is 0.660. The van der Waals surface area contributed by atoms with E-state index in [-0.39, 0.29) is 5.43 Å². The molecule has 5 aromatic rings. The third-order valence-electron chi connectivity index (χ3n) is 7.76. The van der Waals surface area contributed by atoms with Gasteiger partial charge < -0.3 is 23.9 Å². The van der Waals surface area contributed by atoms with E-state index in [4.69, 9.17) is 37.4 Å². The van der Waals surface area contributed by atoms with Gasteiger partial charge >= 0.3 is 5.97 Å². The predicted octanol–water partition coefficient (Wildman–Crippen LogP) is 6.99. The SMILES string of the molecule is COc1cc2c(c3c1c(=O)c1cc4ccccc4cc1n3C)[C@H](O)[C@H](OC(=O)C=Cc1ccc(Cl)cc1Cl)C(C)(C)O2. The molecule has 0 unspecified atom stereocenters. The Morgan fingerprint density at radius 3 is 2.48 bits per heavy atom. The van der Waals surface area contributed by atoms with Crippen LogP contribution in [0.15, 0.2) is 71.5 Å². The van der Waals surface area contributed by atoms with Crippen molar-refractivity contribution in [2.24, 2.45) is 7.05 Å². The van der Waals surface area contributed by atoms with Gasteiger partial charge in [-0.3, -0.25) is 4.79 Å². The predicted molar refractivity (Wildman–Crippen MR) is 166 cm³/mol. The maximum atomic E-state index is 14.0. The van der Waals surface area contributed by atoms with Crippen LogP contribution in [0.1, 0.15) is 31.1 Å². The number of benzene rings is 4. The molecule has 1 aliphatic rings. The van der Waals surface area contributed by atoms with Gasteiger partial charge in [-0.1, -0.05) is 53.5 Å². The fourth-order valence-corrected chi connectivity index (χ4v) is 6.19. The van der Waals surface area contributed by atoms with Crippen LogP contribution < -0.4 is 14.9 Å². The number of aliphatic hydroxyl groups is 1. The van der Waals surface area contributed by atoms with E-state index in [0.717, 1.165) is 10.8 Å². The van der Waals surface area contributed by atoms with Crippen LogP contribution in [-0.2, 0) is 16.6 Å². The number of halogens is 2. The number of aryl methyl sites for hydroxylation is 1. The molecule has 1 N–H and O–H groups in total. The van der Waals surface area contributed by atoms with Gasteiger partial charge in [-0.25, -0.2) is 4.79 Å². The van der Waals surface area contributed by atoms with Crippen LogP contribution in [0.4, 0.5) is 0 Å². The fourth-order valence-electron chi connectivity index (χ4n) is 5.72. The number of nitrogens with zero attached hydrogens (tertiary/aromatic N) is 1. The summed E-state index contributed by atoms with van der Waals surface area (Å²) in [6, 6.07) is 18.1. The lowest BCUT2D eigenvalue weighted by Crippen LogP contribution is -2.51. The Labute approximate surface area is 251 Å². The molecule has 0 spiro atoms. The van der Waals surface area contributed by atoms with Gasteiger partial charge in [0.05, 0.1) is 29.1 Å². The molecule has 0 bridgehead atoms. The highest BCUT2D eigenvalue weighted by Crippen LogP contribution is 2.47. The Morgan fingerprint density at radius 2 is 1.79 bits per heavy atom. The minimum Gasteiger partial charge on any atom is -0.496 e. The molecule has 9 heteroatoms. The van der Waals surface area contributed by atoms with Gasteiger partial charge in [0.15, 0.2) is 6.10 Å². The third kappa shape index (κ3) is 4.58. The first kappa shape index (κ1) is 28.1. The van der Waals surface area contributed by atoms with Crippen LogP contribution in [0.3, 0.4) is 0 Å². The quantitative estimate of drug-likeness (QED) is 0.135. The summed E-state index contributed by atoms with van der Waals surface area (Å²) in [4.78, 5) is 27.0. The first-order valence-corrected chi connectivity index (χ1v) is 14.0. The highest BCUT2D eigenvalue weighted by Gasteiger charge is 2.47. The van der Waals surface area contributed by atoms with E-state index in [1.54, 1.807) is 38.1 Å². The Morgan fingerprint density at radius 1 is 1.07 bits per heavy atom. The van der Waals surface area contributed by atoms with Gasteiger partial charge in [0, 0.05) is 34.6 Å². The number of aliphatic hydroxyl groups excluding tert-OH is 1. The van der Waals surface area contributed by atoms with Gasteiger partial charge in [0.2, 0.25) is 5.43 Å². The van der Waals surface area contributed by atoms with Crippen molar-refractivity contribution in [3.63, 3.8) is 0 Å². The number of carbonyl (C=O) groups excluding carboxylic acids is 1. The Kier molecular flexibility index (Phi) is 6.92. The molecule has 42 heavy (non-hydrogen) atoms. The molecule has 1 aromatic heterocycles. The zero-order valence-corrected chi connectivity index (χ0v) is 24.8. The van der Waals surface area contributed by atoms with Crippen molar-refractivity contribution < 1.29 is 24.1 Å². The average molecular weight is 604 g/mol. The minimum absolute atomic E-state index is 0.239. The van der Waals surface area contributed by atoms with Crippen LogP contribution in [-0.4, -0.2) is 34.5 Å². The summed E-state index contributed by atoms with van der Waals surface area (Å²) in [6.07, 6.45) is 0.311. The van der Waals surface area contributed by atoms with Crippen molar-refractivity contribution in [2.45, 2.75) is 31.7 Å². The van der Waals surface area contributed by atoms with Crippen LogP contribution in [0.2, 0.25) is 10.0 Å². The molecule has 0 radical (unpaired) electrons. The summed E-state index contributed by atoms with van der Waals surface area (Å²) < 4.78 is 19.6. The smallest absolute Gasteiger partial charge is 0.331 e. The molecule has 2 atom stereocenters. The van der Waals surface area contributed by atoms with E-state index in [2.05, 4.69) is 0 Å². The van der Waals surface area contributed by atoms with E-state index in [0.29, 0.717) is 54.5 Å². The lowest BCUT2D eigenvalue weighted by molar-refractivity contribution is -0.171. The fraction of sp³-hybridized carbons (Fsp3) is 0.212.